The van der Waals surface area contributed by atoms with Gasteiger partial charge in [-0.15, -0.1) is 0 Å². The highest BCUT2D eigenvalue weighted by Crippen LogP contribution is 2.38. The van der Waals surface area contributed by atoms with Crippen LogP contribution in [0.15, 0.2) is 61.9 Å². The number of ether oxygens (including phenoxy) is 4. The van der Waals surface area contributed by atoms with Crippen molar-refractivity contribution in [2.45, 2.75) is 52.9 Å². The van der Waals surface area contributed by atoms with E-state index in [1.807, 2.05) is 32.0 Å². The molecule has 0 bridgehead atoms. The summed E-state index contributed by atoms with van der Waals surface area (Å²) in [5.74, 6) is 1.17. The first-order chi connectivity index (χ1) is 18.5. The fraction of sp³-hybridized carbons (Fsp3) is 0.345. The van der Waals surface area contributed by atoms with Crippen molar-refractivity contribution in [1.82, 2.24) is 4.57 Å². The van der Waals surface area contributed by atoms with E-state index in [2.05, 4.69) is 20.9 Å². The van der Waals surface area contributed by atoms with E-state index >= 15 is 0 Å². The van der Waals surface area contributed by atoms with Gasteiger partial charge in [0.05, 0.1) is 42.2 Å². The van der Waals surface area contributed by atoms with Crippen molar-refractivity contribution in [2.75, 3.05) is 14.2 Å². The lowest BCUT2D eigenvalue weighted by atomic mass is 9.94. The summed E-state index contributed by atoms with van der Waals surface area (Å²) in [7, 11) is 3.10. The molecular formula is C29H31BrN2O6S. The number of hydrogen-bond acceptors (Lipinski definition) is 8. The Morgan fingerprint density at radius 1 is 1.05 bits per heavy atom. The molecule has 0 aliphatic carbocycles. The van der Waals surface area contributed by atoms with Crippen LogP contribution >= 0.6 is 27.3 Å². The minimum absolute atomic E-state index is 0.0442. The number of hydrogen-bond donors (Lipinski definition) is 0. The van der Waals surface area contributed by atoms with Gasteiger partial charge in [-0.25, -0.2) is 9.79 Å². The quantitative estimate of drug-likeness (QED) is 0.340. The van der Waals surface area contributed by atoms with E-state index < -0.39 is 12.0 Å². The number of rotatable bonds is 8. The van der Waals surface area contributed by atoms with Crippen LogP contribution in [-0.2, 0) is 9.53 Å². The second-order valence-electron chi connectivity index (χ2n) is 9.49. The first-order valence-corrected chi connectivity index (χ1v) is 14.1. The molecule has 0 amide bonds. The first-order valence-electron chi connectivity index (χ1n) is 12.5. The van der Waals surface area contributed by atoms with Crippen LogP contribution in [-0.4, -0.2) is 37.0 Å². The zero-order valence-corrected chi connectivity index (χ0v) is 25.3. The summed E-state index contributed by atoms with van der Waals surface area (Å²) >= 11 is 4.76. The van der Waals surface area contributed by atoms with E-state index in [-0.39, 0.29) is 23.3 Å². The van der Waals surface area contributed by atoms with Crippen molar-refractivity contribution in [3.8, 4) is 17.2 Å². The van der Waals surface area contributed by atoms with Gasteiger partial charge in [0, 0.05) is 15.6 Å². The average Bonchev–Trinajstić information content (AvgIpc) is 3.17. The van der Waals surface area contributed by atoms with Gasteiger partial charge in [0.15, 0.2) is 4.80 Å². The van der Waals surface area contributed by atoms with Crippen LogP contribution in [0.25, 0.3) is 6.08 Å². The molecule has 0 radical (unpaired) electrons. The molecule has 0 saturated heterocycles. The van der Waals surface area contributed by atoms with Crippen molar-refractivity contribution >= 4 is 39.3 Å². The normalized spacial score (nSPS) is 15.3. The fourth-order valence-corrected chi connectivity index (χ4v) is 5.76. The zero-order valence-electron chi connectivity index (χ0n) is 22.9. The van der Waals surface area contributed by atoms with E-state index in [1.165, 1.54) is 15.9 Å². The summed E-state index contributed by atoms with van der Waals surface area (Å²) in [6.07, 6.45) is 1.39. The summed E-state index contributed by atoms with van der Waals surface area (Å²) in [5, 5.41) is 0. The molecule has 0 saturated carbocycles. The molecule has 206 valence electrons. The maximum absolute atomic E-state index is 14.1. The number of esters is 1. The topological polar surface area (TPSA) is 88.4 Å². The standard InChI is InChI=1S/C29H31BrN2O6S/c1-15(2)37-22-10-8-19(30)12-18(22)13-24-27(33)32-26(21-14-20(35-6)9-11-23(21)36-7)25(28(34)38-16(3)4)17(5)31-29(32)39-24/h8-16,26H,1-7H3/b24-13-/t26-/m0/s1. The summed E-state index contributed by atoms with van der Waals surface area (Å²) in [4.78, 5) is 32.6. The van der Waals surface area contributed by atoms with Gasteiger partial charge in [0.25, 0.3) is 5.56 Å². The summed E-state index contributed by atoms with van der Waals surface area (Å²) in [6.45, 7) is 9.19. The predicted octanol–water partition coefficient (Wildman–Crippen LogP) is 4.75. The van der Waals surface area contributed by atoms with Crippen molar-refractivity contribution in [3.05, 3.63) is 83.0 Å². The Hall–Kier alpha value is -3.37. The predicted molar refractivity (Wildman–Crippen MR) is 154 cm³/mol. The van der Waals surface area contributed by atoms with Crippen LogP contribution in [0.4, 0.5) is 0 Å². The lowest BCUT2D eigenvalue weighted by molar-refractivity contribution is -0.143. The summed E-state index contributed by atoms with van der Waals surface area (Å²) < 4.78 is 25.5. The Balaban J connectivity index is 2.01. The molecule has 0 spiro atoms. The molecule has 4 rings (SSSR count). The van der Waals surface area contributed by atoms with Gasteiger partial charge in [0.1, 0.15) is 23.3 Å². The molecule has 2 heterocycles. The van der Waals surface area contributed by atoms with E-state index in [0.29, 0.717) is 37.8 Å². The number of carbonyl (C=O) groups is 1. The largest absolute Gasteiger partial charge is 0.497 e. The smallest absolute Gasteiger partial charge is 0.338 e. The van der Waals surface area contributed by atoms with Gasteiger partial charge in [0.2, 0.25) is 0 Å². The maximum atomic E-state index is 14.1. The Kier molecular flexibility index (Phi) is 8.66. The summed E-state index contributed by atoms with van der Waals surface area (Å²) in [5.41, 5.74) is 1.76. The molecule has 2 aromatic carbocycles. The third-order valence-electron chi connectivity index (χ3n) is 5.94. The molecule has 0 N–H and O–H groups in total. The van der Waals surface area contributed by atoms with Crippen molar-refractivity contribution in [3.63, 3.8) is 0 Å². The van der Waals surface area contributed by atoms with Gasteiger partial charge in [-0.1, -0.05) is 27.3 Å². The SMILES string of the molecule is COc1ccc(OC)c([C@H]2C(C(=O)OC(C)C)=C(C)N=c3s/c(=C\c4cc(Br)ccc4OC(C)C)c(=O)n32)c1. The number of fused-ring (bicyclic) bond motifs is 1. The number of benzene rings is 2. The van der Waals surface area contributed by atoms with Gasteiger partial charge in [-0.3, -0.25) is 9.36 Å². The second-order valence-corrected chi connectivity index (χ2v) is 11.4. The van der Waals surface area contributed by atoms with Crippen LogP contribution in [0.5, 0.6) is 17.2 Å². The lowest BCUT2D eigenvalue weighted by Gasteiger charge is -2.26. The zero-order chi connectivity index (χ0) is 28.4. The monoisotopic (exact) mass is 614 g/mol. The number of carbonyl (C=O) groups excluding carboxylic acids is 1. The van der Waals surface area contributed by atoms with Crippen molar-refractivity contribution in [1.29, 1.82) is 0 Å². The Bertz CT molecular complexity index is 1620. The maximum Gasteiger partial charge on any atom is 0.338 e. The molecule has 8 nitrogen and oxygen atoms in total. The third kappa shape index (κ3) is 5.96. The first kappa shape index (κ1) is 28.6. The van der Waals surface area contributed by atoms with Gasteiger partial charge in [-0.2, -0.15) is 0 Å². The van der Waals surface area contributed by atoms with Crippen molar-refractivity contribution in [2.24, 2.45) is 4.99 Å². The minimum atomic E-state index is -0.839. The fourth-order valence-electron chi connectivity index (χ4n) is 4.34. The van der Waals surface area contributed by atoms with E-state index in [0.717, 1.165) is 10.0 Å². The average molecular weight is 616 g/mol. The number of aromatic nitrogens is 1. The van der Waals surface area contributed by atoms with Crippen LogP contribution in [0.2, 0.25) is 0 Å². The number of methoxy groups -OCH3 is 2. The molecule has 1 aromatic heterocycles. The molecule has 39 heavy (non-hydrogen) atoms. The Labute approximate surface area is 239 Å². The van der Waals surface area contributed by atoms with Crippen LogP contribution < -0.4 is 29.1 Å². The number of nitrogens with zero attached hydrogens (tertiary/aromatic N) is 2. The highest BCUT2D eigenvalue weighted by atomic mass is 79.9. The van der Waals surface area contributed by atoms with Gasteiger partial charge in [-0.05, 0) is 77.1 Å². The van der Waals surface area contributed by atoms with Crippen LogP contribution in [0.3, 0.4) is 0 Å². The third-order valence-corrected chi connectivity index (χ3v) is 7.41. The number of thiazole rings is 1. The molecule has 1 atom stereocenters. The molecule has 0 fully saturated rings. The van der Waals surface area contributed by atoms with Crippen LogP contribution in [0, 0.1) is 0 Å². The number of halogens is 1. The second kappa shape index (κ2) is 11.8. The number of allylic oxidation sites excluding steroid dienone is 1. The van der Waals surface area contributed by atoms with Crippen LogP contribution in [0.1, 0.15) is 51.8 Å². The van der Waals surface area contributed by atoms with Gasteiger partial charge >= 0.3 is 5.97 Å². The molecule has 10 heteroatoms. The van der Waals surface area contributed by atoms with Gasteiger partial charge < -0.3 is 18.9 Å². The van der Waals surface area contributed by atoms with Crippen molar-refractivity contribution < 1.29 is 23.7 Å². The van der Waals surface area contributed by atoms with E-state index in [9.17, 15) is 9.59 Å². The molecule has 1 aliphatic rings. The molecular weight excluding hydrogens is 584 g/mol. The van der Waals surface area contributed by atoms with E-state index in [4.69, 9.17) is 18.9 Å². The lowest BCUT2D eigenvalue weighted by Crippen LogP contribution is -2.40. The molecule has 1 aliphatic heterocycles. The summed E-state index contributed by atoms with van der Waals surface area (Å²) in [6, 6.07) is 10.1. The Morgan fingerprint density at radius 3 is 2.41 bits per heavy atom. The minimum Gasteiger partial charge on any atom is -0.497 e. The Morgan fingerprint density at radius 2 is 1.77 bits per heavy atom. The molecule has 0 unspecified atom stereocenters. The highest BCUT2D eigenvalue weighted by molar-refractivity contribution is 9.10. The molecule has 3 aromatic rings. The highest BCUT2D eigenvalue weighted by Gasteiger charge is 2.35. The van der Waals surface area contributed by atoms with E-state index in [1.54, 1.807) is 59.3 Å².